The molecule has 1 atom stereocenters. The predicted molar refractivity (Wildman–Crippen MR) is 54.4 cm³/mol. The fraction of sp³-hybridized carbons (Fsp3) is 1.00. The molecule has 1 aliphatic rings. The summed E-state index contributed by atoms with van der Waals surface area (Å²) in [5, 5.41) is 9.59. The molecule has 0 aromatic carbocycles. The van der Waals surface area contributed by atoms with Crippen molar-refractivity contribution in [2.24, 2.45) is 0 Å². The minimum Gasteiger partial charge on any atom is -0.389 e. The Labute approximate surface area is 85.8 Å². The van der Waals surface area contributed by atoms with Crippen molar-refractivity contribution >= 4 is 0 Å². The number of ether oxygens (including phenoxy) is 2. The van der Waals surface area contributed by atoms with E-state index in [1.54, 1.807) is 7.11 Å². The third-order valence-corrected chi connectivity index (χ3v) is 2.41. The maximum absolute atomic E-state index is 9.59. The zero-order valence-electron chi connectivity index (χ0n) is 9.11. The number of hydrogen-bond donors (Lipinski definition) is 1. The molecule has 1 rings (SSSR count). The summed E-state index contributed by atoms with van der Waals surface area (Å²) < 4.78 is 10.1. The Morgan fingerprint density at radius 1 is 1.43 bits per heavy atom. The van der Waals surface area contributed by atoms with Crippen LogP contribution in [0.4, 0.5) is 0 Å². The second kappa shape index (κ2) is 6.35. The first kappa shape index (κ1) is 11.9. The summed E-state index contributed by atoms with van der Waals surface area (Å²) in [7, 11) is 3.69. The summed E-state index contributed by atoms with van der Waals surface area (Å²) >= 11 is 0. The minimum atomic E-state index is -0.377. The van der Waals surface area contributed by atoms with Gasteiger partial charge in [0.1, 0.15) is 0 Å². The molecule has 1 N–H and O–H groups in total. The molecule has 0 spiro atoms. The van der Waals surface area contributed by atoms with Crippen molar-refractivity contribution in [3.8, 4) is 0 Å². The summed E-state index contributed by atoms with van der Waals surface area (Å²) in [6.45, 7) is 2.25. The lowest BCUT2D eigenvalue weighted by molar-refractivity contribution is 0.00157. The molecule has 1 fully saturated rings. The number of methoxy groups -OCH3 is 1. The van der Waals surface area contributed by atoms with Gasteiger partial charge < -0.3 is 19.5 Å². The molecule has 1 saturated carbocycles. The normalized spacial score (nSPS) is 18.9. The highest BCUT2D eigenvalue weighted by molar-refractivity contribution is 4.83. The molecular formula is C10H21NO3. The van der Waals surface area contributed by atoms with Crippen LogP contribution in [-0.2, 0) is 9.47 Å². The van der Waals surface area contributed by atoms with Gasteiger partial charge in [-0.05, 0) is 19.9 Å². The Kier molecular flexibility index (Phi) is 5.40. The summed E-state index contributed by atoms with van der Waals surface area (Å²) in [6, 6.07) is 0.698. The van der Waals surface area contributed by atoms with Crippen molar-refractivity contribution in [3.05, 3.63) is 0 Å². The van der Waals surface area contributed by atoms with Crippen molar-refractivity contribution in [3.63, 3.8) is 0 Å². The van der Waals surface area contributed by atoms with Crippen molar-refractivity contribution < 1.29 is 14.6 Å². The standard InChI is InChI=1S/C10H21NO3/c1-11(9-3-4-9)7-10(12)8-14-6-5-13-2/h9-10,12H,3-8H2,1-2H3. The van der Waals surface area contributed by atoms with Crippen molar-refractivity contribution in [2.75, 3.05) is 40.5 Å². The number of aliphatic hydroxyl groups excluding tert-OH is 1. The van der Waals surface area contributed by atoms with Crippen LogP contribution in [0, 0.1) is 0 Å². The first-order valence-electron chi connectivity index (χ1n) is 5.19. The van der Waals surface area contributed by atoms with E-state index in [0.717, 1.165) is 0 Å². The van der Waals surface area contributed by atoms with Crippen LogP contribution in [0.25, 0.3) is 0 Å². The van der Waals surface area contributed by atoms with Gasteiger partial charge in [-0.25, -0.2) is 0 Å². The number of nitrogens with zero attached hydrogens (tertiary/aromatic N) is 1. The number of likely N-dealkylation sites (N-methyl/N-ethyl adjacent to an activating group) is 1. The van der Waals surface area contributed by atoms with Gasteiger partial charge in [0.15, 0.2) is 0 Å². The van der Waals surface area contributed by atoms with E-state index in [4.69, 9.17) is 9.47 Å². The molecular weight excluding hydrogens is 182 g/mol. The molecule has 1 unspecified atom stereocenters. The molecule has 0 heterocycles. The average molecular weight is 203 g/mol. The van der Waals surface area contributed by atoms with Gasteiger partial charge in [-0.15, -0.1) is 0 Å². The number of aliphatic hydroxyl groups is 1. The fourth-order valence-corrected chi connectivity index (χ4v) is 1.41. The van der Waals surface area contributed by atoms with Crippen LogP contribution in [0.1, 0.15) is 12.8 Å². The molecule has 0 radical (unpaired) electrons. The molecule has 0 aromatic rings. The Balaban J connectivity index is 1.94. The van der Waals surface area contributed by atoms with Crippen molar-refractivity contribution in [2.45, 2.75) is 25.0 Å². The quantitative estimate of drug-likeness (QED) is 0.568. The summed E-state index contributed by atoms with van der Waals surface area (Å²) in [5.74, 6) is 0. The van der Waals surface area contributed by atoms with Gasteiger partial charge in [-0.1, -0.05) is 0 Å². The van der Waals surface area contributed by atoms with Crippen LogP contribution < -0.4 is 0 Å². The Morgan fingerprint density at radius 3 is 2.71 bits per heavy atom. The Bertz CT molecular complexity index is 150. The third-order valence-electron chi connectivity index (χ3n) is 2.41. The highest BCUT2D eigenvalue weighted by atomic mass is 16.5. The maximum Gasteiger partial charge on any atom is 0.0900 e. The van der Waals surface area contributed by atoms with Gasteiger partial charge in [0.25, 0.3) is 0 Å². The lowest BCUT2D eigenvalue weighted by Gasteiger charge is -2.19. The molecule has 0 amide bonds. The van der Waals surface area contributed by atoms with Gasteiger partial charge in [0.2, 0.25) is 0 Å². The summed E-state index contributed by atoms with van der Waals surface area (Å²) in [6.07, 6.45) is 2.17. The average Bonchev–Trinajstić information content (AvgIpc) is 2.95. The molecule has 84 valence electrons. The lowest BCUT2D eigenvalue weighted by atomic mass is 10.3. The lowest BCUT2D eigenvalue weighted by Crippen LogP contribution is -2.33. The number of hydrogen-bond acceptors (Lipinski definition) is 4. The van der Waals surface area contributed by atoms with Gasteiger partial charge in [0, 0.05) is 19.7 Å². The molecule has 0 aromatic heterocycles. The van der Waals surface area contributed by atoms with Gasteiger partial charge >= 0.3 is 0 Å². The molecule has 14 heavy (non-hydrogen) atoms. The van der Waals surface area contributed by atoms with E-state index in [-0.39, 0.29) is 6.10 Å². The third kappa shape index (κ3) is 4.91. The van der Waals surface area contributed by atoms with Crippen LogP contribution in [-0.4, -0.2) is 62.7 Å². The van der Waals surface area contributed by atoms with E-state index >= 15 is 0 Å². The molecule has 1 aliphatic carbocycles. The highest BCUT2D eigenvalue weighted by Crippen LogP contribution is 2.25. The van der Waals surface area contributed by atoms with Crippen LogP contribution in [0.5, 0.6) is 0 Å². The van der Waals surface area contributed by atoms with E-state index in [1.807, 2.05) is 0 Å². The monoisotopic (exact) mass is 203 g/mol. The zero-order chi connectivity index (χ0) is 10.4. The zero-order valence-corrected chi connectivity index (χ0v) is 9.11. The van der Waals surface area contributed by atoms with Crippen LogP contribution >= 0.6 is 0 Å². The topological polar surface area (TPSA) is 41.9 Å². The second-order valence-corrected chi connectivity index (χ2v) is 3.89. The first-order valence-corrected chi connectivity index (χ1v) is 5.19. The second-order valence-electron chi connectivity index (χ2n) is 3.89. The van der Waals surface area contributed by atoms with Gasteiger partial charge in [0.05, 0.1) is 25.9 Å². The smallest absolute Gasteiger partial charge is 0.0900 e. The van der Waals surface area contributed by atoms with Crippen molar-refractivity contribution in [1.29, 1.82) is 0 Å². The fourth-order valence-electron chi connectivity index (χ4n) is 1.41. The summed E-state index contributed by atoms with van der Waals surface area (Å²) in [5.41, 5.74) is 0. The highest BCUT2D eigenvalue weighted by Gasteiger charge is 2.27. The van der Waals surface area contributed by atoms with Gasteiger partial charge in [-0.3, -0.25) is 0 Å². The summed E-state index contributed by atoms with van der Waals surface area (Å²) in [4.78, 5) is 2.20. The Hall–Kier alpha value is -0.160. The van der Waals surface area contributed by atoms with Crippen molar-refractivity contribution in [1.82, 2.24) is 4.90 Å². The van der Waals surface area contributed by atoms with E-state index in [2.05, 4.69) is 11.9 Å². The van der Waals surface area contributed by atoms with E-state index < -0.39 is 0 Å². The largest absolute Gasteiger partial charge is 0.389 e. The van der Waals surface area contributed by atoms with Crippen LogP contribution in [0.3, 0.4) is 0 Å². The maximum atomic E-state index is 9.59. The predicted octanol–water partition coefficient (Wildman–Crippen LogP) is 0.105. The first-order chi connectivity index (χ1) is 6.74. The van der Waals surface area contributed by atoms with Crippen LogP contribution in [0.15, 0.2) is 0 Å². The minimum absolute atomic E-state index is 0.377. The number of rotatable bonds is 8. The van der Waals surface area contributed by atoms with E-state index in [0.29, 0.717) is 32.4 Å². The van der Waals surface area contributed by atoms with E-state index in [9.17, 15) is 5.11 Å². The Morgan fingerprint density at radius 2 is 2.14 bits per heavy atom. The SMILES string of the molecule is COCCOCC(O)CN(C)C1CC1. The van der Waals surface area contributed by atoms with Crippen LogP contribution in [0.2, 0.25) is 0 Å². The molecule has 4 heteroatoms. The molecule has 0 saturated heterocycles. The molecule has 0 aliphatic heterocycles. The van der Waals surface area contributed by atoms with Gasteiger partial charge in [-0.2, -0.15) is 0 Å². The molecule has 4 nitrogen and oxygen atoms in total. The van der Waals surface area contributed by atoms with E-state index in [1.165, 1.54) is 12.8 Å². The molecule has 0 bridgehead atoms.